The van der Waals surface area contributed by atoms with Crippen LogP contribution in [0.15, 0.2) is 18.2 Å². The molecule has 4 nitrogen and oxygen atoms in total. The second-order valence-electron chi connectivity index (χ2n) is 4.61. The first-order chi connectivity index (χ1) is 8.06. The molecule has 0 fully saturated rings. The van der Waals surface area contributed by atoms with E-state index in [9.17, 15) is 4.79 Å². The molecule has 2 atom stereocenters. The standard InChI is InChI=1S/C13H17NO3/c1-8-5-9(2)14-12-6-10(3-4-11(8)12)17-7-13(15)16/h3-4,6,8-9,14H,5,7H2,1-2H3,(H,15,16)/t8-,9+/m1/s1. The van der Waals surface area contributed by atoms with Gasteiger partial charge in [-0.3, -0.25) is 0 Å². The number of nitrogens with one attached hydrogen (secondary N) is 1. The summed E-state index contributed by atoms with van der Waals surface area (Å²) in [5.74, 6) is 0.159. The van der Waals surface area contributed by atoms with Crippen molar-refractivity contribution in [3.63, 3.8) is 0 Å². The maximum absolute atomic E-state index is 10.4. The summed E-state index contributed by atoms with van der Waals surface area (Å²) in [7, 11) is 0. The van der Waals surface area contributed by atoms with Gasteiger partial charge in [0.15, 0.2) is 6.61 Å². The van der Waals surface area contributed by atoms with Crippen LogP contribution < -0.4 is 10.1 Å². The lowest BCUT2D eigenvalue weighted by molar-refractivity contribution is -0.139. The molecule has 0 spiro atoms. The Kier molecular flexibility index (Phi) is 3.22. The Hall–Kier alpha value is -1.71. The zero-order valence-electron chi connectivity index (χ0n) is 10.1. The summed E-state index contributed by atoms with van der Waals surface area (Å²) in [6, 6.07) is 6.16. The summed E-state index contributed by atoms with van der Waals surface area (Å²) < 4.78 is 5.16. The number of hydrogen-bond donors (Lipinski definition) is 2. The zero-order chi connectivity index (χ0) is 12.4. The van der Waals surface area contributed by atoms with Crippen molar-refractivity contribution in [2.45, 2.75) is 32.2 Å². The van der Waals surface area contributed by atoms with Crippen LogP contribution in [0.4, 0.5) is 5.69 Å². The maximum atomic E-state index is 10.4. The molecule has 2 rings (SSSR count). The highest BCUT2D eigenvalue weighted by molar-refractivity contribution is 5.68. The van der Waals surface area contributed by atoms with Gasteiger partial charge in [-0.25, -0.2) is 4.79 Å². The molecule has 1 aliphatic heterocycles. The van der Waals surface area contributed by atoms with E-state index in [0.29, 0.717) is 17.7 Å². The van der Waals surface area contributed by atoms with Crippen LogP contribution >= 0.6 is 0 Å². The highest BCUT2D eigenvalue weighted by Crippen LogP contribution is 2.35. The number of carboxylic acid groups (broad SMARTS) is 1. The second-order valence-corrected chi connectivity index (χ2v) is 4.61. The number of carboxylic acids is 1. The summed E-state index contributed by atoms with van der Waals surface area (Å²) >= 11 is 0. The van der Waals surface area contributed by atoms with Crippen LogP contribution in [0.25, 0.3) is 0 Å². The Morgan fingerprint density at radius 1 is 1.53 bits per heavy atom. The number of ether oxygens (including phenoxy) is 1. The molecule has 1 aliphatic rings. The summed E-state index contributed by atoms with van der Waals surface area (Å²) in [4.78, 5) is 10.4. The lowest BCUT2D eigenvalue weighted by Gasteiger charge is -2.29. The van der Waals surface area contributed by atoms with Gasteiger partial charge >= 0.3 is 5.97 Å². The number of fused-ring (bicyclic) bond motifs is 1. The molecule has 92 valence electrons. The minimum atomic E-state index is -0.961. The largest absolute Gasteiger partial charge is 0.482 e. The molecule has 17 heavy (non-hydrogen) atoms. The van der Waals surface area contributed by atoms with Crippen molar-refractivity contribution in [1.29, 1.82) is 0 Å². The van der Waals surface area contributed by atoms with Crippen molar-refractivity contribution in [2.75, 3.05) is 11.9 Å². The first kappa shape index (κ1) is 11.8. The zero-order valence-corrected chi connectivity index (χ0v) is 10.1. The predicted molar refractivity (Wildman–Crippen MR) is 65.7 cm³/mol. The Morgan fingerprint density at radius 3 is 3.00 bits per heavy atom. The van der Waals surface area contributed by atoms with Crippen LogP contribution in [0.5, 0.6) is 5.75 Å². The Balaban J connectivity index is 2.18. The SMILES string of the molecule is C[C@@H]1C[C@H](C)Nc2cc(OCC(=O)O)ccc21. The molecular formula is C13H17NO3. The van der Waals surface area contributed by atoms with E-state index in [1.54, 1.807) is 0 Å². The van der Waals surface area contributed by atoms with Gasteiger partial charge < -0.3 is 15.2 Å². The van der Waals surface area contributed by atoms with Gasteiger partial charge in [0.2, 0.25) is 0 Å². The maximum Gasteiger partial charge on any atom is 0.341 e. The van der Waals surface area contributed by atoms with Crippen molar-refractivity contribution < 1.29 is 14.6 Å². The smallest absolute Gasteiger partial charge is 0.341 e. The van der Waals surface area contributed by atoms with E-state index in [1.165, 1.54) is 5.56 Å². The van der Waals surface area contributed by atoms with Gasteiger partial charge in [-0.15, -0.1) is 0 Å². The fourth-order valence-corrected chi connectivity index (χ4v) is 2.31. The van der Waals surface area contributed by atoms with Gasteiger partial charge in [0.25, 0.3) is 0 Å². The van der Waals surface area contributed by atoms with E-state index in [0.717, 1.165) is 12.1 Å². The number of hydrogen-bond acceptors (Lipinski definition) is 3. The summed E-state index contributed by atoms with van der Waals surface area (Å²) in [5.41, 5.74) is 2.32. The lowest BCUT2D eigenvalue weighted by atomic mass is 9.89. The fraction of sp³-hybridized carbons (Fsp3) is 0.462. The molecule has 0 bridgehead atoms. The van der Waals surface area contributed by atoms with E-state index in [-0.39, 0.29) is 6.61 Å². The van der Waals surface area contributed by atoms with Gasteiger partial charge in [-0.2, -0.15) is 0 Å². The van der Waals surface area contributed by atoms with Crippen LogP contribution in [0.1, 0.15) is 31.7 Å². The fourth-order valence-electron chi connectivity index (χ4n) is 2.31. The topological polar surface area (TPSA) is 58.6 Å². The second kappa shape index (κ2) is 4.65. The Labute approximate surface area is 101 Å². The number of aliphatic carboxylic acids is 1. The number of rotatable bonds is 3. The molecule has 0 aromatic heterocycles. The minimum Gasteiger partial charge on any atom is -0.482 e. The van der Waals surface area contributed by atoms with Crippen LogP contribution in [0.2, 0.25) is 0 Å². The molecule has 0 amide bonds. The van der Waals surface area contributed by atoms with Crippen LogP contribution in [0, 0.1) is 0 Å². The number of benzene rings is 1. The molecule has 1 heterocycles. The quantitative estimate of drug-likeness (QED) is 0.845. The molecule has 2 N–H and O–H groups in total. The third kappa shape index (κ3) is 2.70. The summed E-state index contributed by atoms with van der Waals surface area (Å²) in [6.45, 7) is 4.04. The van der Waals surface area contributed by atoms with Gasteiger partial charge in [-0.1, -0.05) is 13.0 Å². The molecular weight excluding hydrogens is 218 g/mol. The van der Waals surface area contributed by atoms with Crippen LogP contribution in [-0.4, -0.2) is 23.7 Å². The normalized spacial score (nSPS) is 22.5. The molecule has 0 saturated carbocycles. The van der Waals surface area contributed by atoms with Gasteiger partial charge in [-0.05, 0) is 30.9 Å². The summed E-state index contributed by atoms with van der Waals surface area (Å²) in [6.07, 6.45) is 1.11. The average molecular weight is 235 g/mol. The number of carbonyl (C=O) groups is 1. The third-order valence-corrected chi connectivity index (χ3v) is 3.03. The highest BCUT2D eigenvalue weighted by atomic mass is 16.5. The van der Waals surface area contributed by atoms with Crippen molar-refractivity contribution >= 4 is 11.7 Å². The molecule has 1 aromatic rings. The monoisotopic (exact) mass is 235 g/mol. The first-order valence-corrected chi connectivity index (χ1v) is 5.81. The molecule has 0 unspecified atom stereocenters. The van der Waals surface area contributed by atoms with Gasteiger partial charge in [0.05, 0.1) is 0 Å². The molecule has 1 aromatic carbocycles. The molecule has 0 saturated heterocycles. The highest BCUT2D eigenvalue weighted by Gasteiger charge is 2.20. The van der Waals surface area contributed by atoms with E-state index in [1.807, 2.05) is 18.2 Å². The van der Waals surface area contributed by atoms with E-state index < -0.39 is 5.97 Å². The minimum absolute atomic E-state index is 0.302. The Morgan fingerprint density at radius 2 is 2.29 bits per heavy atom. The van der Waals surface area contributed by atoms with E-state index in [4.69, 9.17) is 9.84 Å². The third-order valence-electron chi connectivity index (χ3n) is 3.03. The molecule has 0 aliphatic carbocycles. The first-order valence-electron chi connectivity index (χ1n) is 5.81. The van der Waals surface area contributed by atoms with Crippen molar-refractivity contribution in [2.24, 2.45) is 0 Å². The predicted octanol–water partition coefficient (Wildman–Crippen LogP) is 2.46. The molecule has 4 heteroatoms. The van der Waals surface area contributed by atoms with E-state index in [2.05, 4.69) is 19.2 Å². The number of anilines is 1. The lowest BCUT2D eigenvalue weighted by Crippen LogP contribution is -2.24. The van der Waals surface area contributed by atoms with E-state index >= 15 is 0 Å². The Bertz CT molecular complexity index is 431. The van der Waals surface area contributed by atoms with Crippen molar-refractivity contribution in [1.82, 2.24) is 0 Å². The average Bonchev–Trinajstić information content (AvgIpc) is 2.25. The van der Waals surface area contributed by atoms with Crippen LogP contribution in [-0.2, 0) is 4.79 Å². The van der Waals surface area contributed by atoms with Crippen molar-refractivity contribution in [3.05, 3.63) is 23.8 Å². The summed E-state index contributed by atoms with van der Waals surface area (Å²) in [5, 5.41) is 11.9. The van der Waals surface area contributed by atoms with Gasteiger partial charge in [0.1, 0.15) is 5.75 Å². The van der Waals surface area contributed by atoms with Crippen LogP contribution in [0.3, 0.4) is 0 Å². The van der Waals surface area contributed by atoms with Crippen molar-refractivity contribution in [3.8, 4) is 5.75 Å². The molecule has 0 radical (unpaired) electrons. The van der Waals surface area contributed by atoms with Gasteiger partial charge in [0, 0.05) is 17.8 Å².